The van der Waals surface area contributed by atoms with E-state index in [2.05, 4.69) is 15.9 Å². The first-order valence-corrected chi connectivity index (χ1v) is 5.64. The zero-order valence-electron chi connectivity index (χ0n) is 7.87. The van der Waals surface area contributed by atoms with Gasteiger partial charge < -0.3 is 10.0 Å². The molecule has 1 N–H and O–H groups in total. The van der Waals surface area contributed by atoms with E-state index in [1.165, 1.54) is 0 Å². The Morgan fingerprint density at radius 3 is 2.92 bits per heavy atom. The molecule has 1 aliphatic heterocycles. The van der Waals surface area contributed by atoms with Crippen molar-refractivity contribution in [1.82, 2.24) is 4.90 Å². The number of hydrogen-bond donors (Lipinski definition) is 1. The normalized spacial score (nSPS) is 24.8. The van der Waals surface area contributed by atoms with Gasteiger partial charge in [0, 0.05) is 25.6 Å². The summed E-state index contributed by atoms with van der Waals surface area (Å²) in [5.74, 6) is 0.457. The number of aliphatic hydroxyl groups excluding tert-OH is 1. The number of halogens is 1. The fourth-order valence-corrected chi connectivity index (χ4v) is 1.84. The van der Waals surface area contributed by atoms with Gasteiger partial charge in [0.1, 0.15) is 0 Å². The average molecular weight is 250 g/mol. The predicted octanol–water partition coefficient (Wildman–Crippen LogP) is 1.00. The Kier molecular flexibility index (Phi) is 4.19. The van der Waals surface area contributed by atoms with E-state index in [9.17, 15) is 4.79 Å². The van der Waals surface area contributed by atoms with E-state index >= 15 is 0 Å². The molecule has 3 nitrogen and oxygen atoms in total. The Morgan fingerprint density at radius 2 is 2.46 bits per heavy atom. The molecule has 1 aliphatic rings. The third-order valence-corrected chi connectivity index (χ3v) is 3.52. The van der Waals surface area contributed by atoms with Crippen LogP contribution in [0.3, 0.4) is 0 Å². The monoisotopic (exact) mass is 249 g/mol. The Bertz CT molecular complexity index is 186. The summed E-state index contributed by atoms with van der Waals surface area (Å²) in [7, 11) is 0. The Morgan fingerprint density at radius 1 is 1.77 bits per heavy atom. The summed E-state index contributed by atoms with van der Waals surface area (Å²) in [5, 5.41) is 8.91. The molecule has 76 valence electrons. The van der Waals surface area contributed by atoms with E-state index < -0.39 is 0 Å². The first kappa shape index (κ1) is 11.0. The van der Waals surface area contributed by atoms with Crippen molar-refractivity contribution in [2.45, 2.75) is 24.6 Å². The summed E-state index contributed by atoms with van der Waals surface area (Å²) < 4.78 is 0. The first-order valence-electron chi connectivity index (χ1n) is 4.72. The van der Waals surface area contributed by atoms with Gasteiger partial charge in [0.25, 0.3) is 0 Å². The second kappa shape index (κ2) is 4.96. The van der Waals surface area contributed by atoms with Crippen molar-refractivity contribution in [1.29, 1.82) is 0 Å². The summed E-state index contributed by atoms with van der Waals surface area (Å²) in [4.78, 5) is 13.4. The standard InChI is InChI=1S/C9H16BrNO2/c1-2-8(10)9(13)11-4-3-7(5-11)6-12/h7-8,12H,2-6H2,1H3. The summed E-state index contributed by atoms with van der Waals surface area (Å²) in [5.41, 5.74) is 0. The van der Waals surface area contributed by atoms with Gasteiger partial charge in [-0.1, -0.05) is 22.9 Å². The predicted molar refractivity (Wildman–Crippen MR) is 54.8 cm³/mol. The van der Waals surface area contributed by atoms with Crippen molar-refractivity contribution in [3.05, 3.63) is 0 Å². The molecule has 0 spiro atoms. The number of nitrogens with zero attached hydrogens (tertiary/aromatic N) is 1. The molecule has 0 radical (unpaired) electrons. The summed E-state index contributed by atoms with van der Waals surface area (Å²) in [6.45, 7) is 3.70. The van der Waals surface area contributed by atoms with Crippen molar-refractivity contribution < 1.29 is 9.90 Å². The van der Waals surface area contributed by atoms with Crippen LogP contribution in [0.15, 0.2) is 0 Å². The zero-order valence-corrected chi connectivity index (χ0v) is 9.46. The molecule has 0 aliphatic carbocycles. The van der Waals surface area contributed by atoms with Crippen molar-refractivity contribution in [2.75, 3.05) is 19.7 Å². The van der Waals surface area contributed by atoms with Gasteiger partial charge in [-0.3, -0.25) is 4.79 Å². The summed E-state index contributed by atoms with van der Waals surface area (Å²) in [6, 6.07) is 0. The molecule has 1 fully saturated rings. The fourth-order valence-electron chi connectivity index (χ4n) is 1.55. The maximum atomic E-state index is 11.6. The van der Waals surface area contributed by atoms with Crippen LogP contribution in [0.1, 0.15) is 19.8 Å². The molecule has 13 heavy (non-hydrogen) atoms. The minimum absolute atomic E-state index is 0.0510. The van der Waals surface area contributed by atoms with Gasteiger partial charge >= 0.3 is 0 Å². The number of alkyl halides is 1. The third kappa shape index (κ3) is 2.68. The van der Waals surface area contributed by atoms with Gasteiger partial charge in [-0.2, -0.15) is 0 Å². The Balaban J connectivity index is 2.41. The molecule has 2 atom stereocenters. The minimum atomic E-state index is -0.0510. The van der Waals surface area contributed by atoms with E-state index in [-0.39, 0.29) is 17.3 Å². The van der Waals surface area contributed by atoms with Crippen LogP contribution in [-0.2, 0) is 4.79 Å². The van der Waals surface area contributed by atoms with Crippen LogP contribution >= 0.6 is 15.9 Å². The number of carbonyl (C=O) groups is 1. The highest BCUT2D eigenvalue weighted by Crippen LogP contribution is 2.19. The van der Waals surface area contributed by atoms with E-state index in [0.29, 0.717) is 5.92 Å². The molecule has 1 saturated heterocycles. The molecule has 2 unspecified atom stereocenters. The maximum absolute atomic E-state index is 11.6. The smallest absolute Gasteiger partial charge is 0.236 e. The molecule has 1 amide bonds. The van der Waals surface area contributed by atoms with Crippen LogP contribution in [0.25, 0.3) is 0 Å². The van der Waals surface area contributed by atoms with Crippen LogP contribution in [-0.4, -0.2) is 40.4 Å². The van der Waals surface area contributed by atoms with E-state index in [1.54, 1.807) is 0 Å². The number of rotatable bonds is 3. The maximum Gasteiger partial charge on any atom is 0.236 e. The van der Waals surface area contributed by atoms with Crippen LogP contribution in [0.4, 0.5) is 0 Å². The lowest BCUT2D eigenvalue weighted by Crippen LogP contribution is -2.34. The lowest BCUT2D eigenvalue weighted by Gasteiger charge is -2.18. The van der Waals surface area contributed by atoms with Crippen molar-refractivity contribution >= 4 is 21.8 Å². The van der Waals surface area contributed by atoms with Crippen LogP contribution in [0.2, 0.25) is 0 Å². The van der Waals surface area contributed by atoms with E-state index in [1.807, 2.05) is 11.8 Å². The number of aliphatic hydroxyl groups is 1. The quantitative estimate of drug-likeness (QED) is 0.759. The molecular weight excluding hydrogens is 234 g/mol. The SMILES string of the molecule is CCC(Br)C(=O)N1CCC(CO)C1. The first-order chi connectivity index (χ1) is 6.19. The Hall–Kier alpha value is -0.0900. The minimum Gasteiger partial charge on any atom is -0.396 e. The van der Waals surface area contributed by atoms with Crippen LogP contribution < -0.4 is 0 Å². The van der Waals surface area contributed by atoms with Gasteiger partial charge in [-0.25, -0.2) is 0 Å². The van der Waals surface area contributed by atoms with Crippen LogP contribution in [0.5, 0.6) is 0 Å². The molecule has 1 rings (SSSR count). The molecule has 4 heteroatoms. The molecule has 0 aromatic rings. The van der Waals surface area contributed by atoms with Gasteiger partial charge in [0.05, 0.1) is 4.83 Å². The molecule has 0 aromatic heterocycles. The lowest BCUT2D eigenvalue weighted by atomic mass is 10.1. The van der Waals surface area contributed by atoms with Crippen molar-refractivity contribution in [2.24, 2.45) is 5.92 Å². The molecule has 0 bridgehead atoms. The zero-order chi connectivity index (χ0) is 9.84. The summed E-state index contributed by atoms with van der Waals surface area (Å²) in [6.07, 6.45) is 1.75. The second-order valence-electron chi connectivity index (χ2n) is 3.50. The number of amides is 1. The fraction of sp³-hybridized carbons (Fsp3) is 0.889. The largest absolute Gasteiger partial charge is 0.396 e. The average Bonchev–Trinajstić information content (AvgIpc) is 2.63. The van der Waals surface area contributed by atoms with Gasteiger partial charge in [0.15, 0.2) is 0 Å². The number of hydrogen-bond acceptors (Lipinski definition) is 2. The molecule has 0 saturated carbocycles. The molecule has 1 heterocycles. The highest BCUT2D eigenvalue weighted by Gasteiger charge is 2.28. The highest BCUT2D eigenvalue weighted by molar-refractivity contribution is 9.10. The van der Waals surface area contributed by atoms with E-state index in [0.717, 1.165) is 25.9 Å². The summed E-state index contributed by atoms with van der Waals surface area (Å²) >= 11 is 3.34. The van der Waals surface area contributed by atoms with Gasteiger partial charge in [0.2, 0.25) is 5.91 Å². The van der Waals surface area contributed by atoms with E-state index in [4.69, 9.17) is 5.11 Å². The topological polar surface area (TPSA) is 40.5 Å². The lowest BCUT2D eigenvalue weighted by molar-refractivity contribution is -0.129. The van der Waals surface area contributed by atoms with Crippen molar-refractivity contribution in [3.8, 4) is 0 Å². The third-order valence-electron chi connectivity index (χ3n) is 2.48. The Labute approximate surface area is 87.2 Å². The highest BCUT2D eigenvalue weighted by atomic mass is 79.9. The van der Waals surface area contributed by atoms with Crippen LogP contribution in [0, 0.1) is 5.92 Å². The molecular formula is C9H16BrNO2. The van der Waals surface area contributed by atoms with Gasteiger partial charge in [-0.05, 0) is 12.8 Å². The number of carbonyl (C=O) groups excluding carboxylic acids is 1. The second-order valence-corrected chi connectivity index (χ2v) is 4.60. The molecule has 0 aromatic carbocycles. The van der Waals surface area contributed by atoms with Crippen molar-refractivity contribution in [3.63, 3.8) is 0 Å². The van der Waals surface area contributed by atoms with Gasteiger partial charge in [-0.15, -0.1) is 0 Å². The number of likely N-dealkylation sites (tertiary alicyclic amines) is 1.